The summed E-state index contributed by atoms with van der Waals surface area (Å²) >= 11 is 0. The molecule has 2 aromatic carbocycles. The molecule has 0 bridgehead atoms. The van der Waals surface area contributed by atoms with Gasteiger partial charge in [0.2, 0.25) is 5.89 Å². The molecule has 0 N–H and O–H groups in total. The molecule has 6 heteroatoms. The zero-order valence-electron chi connectivity index (χ0n) is 18.4. The topological polar surface area (TPSA) is 64.5 Å². The highest BCUT2D eigenvalue weighted by molar-refractivity contribution is 5.60. The number of rotatable bonds is 7. The summed E-state index contributed by atoms with van der Waals surface area (Å²) in [5.74, 6) is 3.89. The van der Waals surface area contributed by atoms with E-state index in [1.165, 1.54) is 18.5 Å². The van der Waals surface area contributed by atoms with Crippen LogP contribution in [-0.4, -0.2) is 23.3 Å². The smallest absolute Gasteiger partial charge is 0.290 e. The first kappa shape index (κ1) is 20.4. The Hall–Kier alpha value is -3.54. The molecule has 1 fully saturated rings. The van der Waals surface area contributed by atoms with Gasteiger partial charge in [0.25, 0.3) is 11.8 Å². The number of furan rings is 1. The van der Waals surface area contributed by atoms with Gasteiger partial charge in [-0.15, -0.1) is 10.2 Å². The molecule has 2 atom stereocenters. The maximum atomic E-state index is 5.86. The van der Waals surface area contributed by atoms with Crippen molar-refractivity contribution in [2.75, 3.05) is 18.0 Å². The van der Waals surface area contributed by atoms with Gasteiger partial charge in [-0.2, -0.15) is 0 Å². The van der Waals surface area contributed by atoms with Crippen molar-refractivity contribution in [3.63, 3.8) is 0 Å². The van der Waals surface area contributed by atoms with Crippen LogP contribution in [0.1, 0.15) is 26.7 Å². The highest BCUT2D eigenvalue weighted by Gasteiger charge is 2.26. The fraction of sp³-hybridized carbons (Fsp3) is 0.308. The molecule has 0 amide bonds. The van der Waals surface area contributed by atoms with Crippen LogP contribution in [0.15, 0.2) is 75.6 Å². The largest absolute Gasteiger partial charge is 0.426 e. The molecule has 1 aliphatic rings. The number of benzene rings is 2. The van der Waals surface area contributed by atoms with E-state index in [2.05, 4.69) is 41.1 Å². The summed E-state index contributed by atoms with van der Waals surface area (Å²) in [6.45, 7) is 6.89. The molecule has 3 heterocycles. The predicted octanol–water partition coefficient (Wildman–Crippen LogP) is 6.66. The van der Waals surface area contributed by atoms with E-state index in [0.717, 1.165) is 30.5 Å². The van der Waals surface area contributed by atoms with Crippen molar-refractivity contribution in [3.05, 3.63) is 66.7 Å². The lowest BCUT2D eigenvalue weighted by molar-refractivity contribution is 0.347. The van der Waals surface area contributed by atoms with E-state index >= 15 is 0 Å². The Kier molecular flexibility index (Phi) is 5.67. The molecule has 0 saturated carbocycles. The molecule has 0 spiro atoms. The van der Waals surface area contributed by atoms with Crippen molar-refractivity contribution < 1.29 is 13.6 Å². The summed E-state index contributed by atoms with van der Waals surface area (Å²) in [5.41, 5.74) is 2.13. The molecule has 5 rings (SSSR count). The second-order valence-electron chi connectivity index (χ2n) is 8.37. The van der Waals surface area contributed by atoms with Crippen molar-refractivity contribution >= 4 is 5.69 Å². The van der Waals surface area contributed by atoms with Crippen LogP contribution < -0.4 is 9.64 Å². The Balaban J connectivity index is 1.26. The number of ether oxygens (including phenoxy) is 1. The molecule has 2 aromatic heterocycles. The van der Waals surface area contributed by atoms with Crippen molar-refractivity contribution in [1.82, 2.24) is 10.2 Å². The maximum absolute atomic E-state index is 5.86. The van der Waals surface area contributed by atoms with Gasteiger partial charge in [0.1, 0.15) is 5.75 Å². The van der Waals surface area contributed by atoms with Crippen LogP contribution in [0, 0.1) is 11.8 Å². The monoisotopic (exact) mass is 429 g/mol. The third-order valence-electron chi connectivity index (χ3n) is 6.33. The molecular formula is C26H27N3O3. The average molecular weight is 430 g/mol. The number of hydrogen-bond acceptors (Lipinski definition) is 6. The van der Waals surface area contributed by atoms with Gasteiger partial charge >= 0.3 is 0 Å². The highest BCUT2D eigenvalue weighted by Crippen LogP contribution is 2.33. The van der Waals surface area contributed by atoms with E-state index < -0.39 is 0 Å². The van der Waals surface area contributed by atoms with Crippen LogP contribution in [0.2, 0.25) is 0 Å². The zero-order chi connectivity index (χ0) is 21.9. The molecule has 6 nitrogen and oxygen atoms in total. The zero-order valence-corrected chi connectivity index (χ0v) is 18.4. The first-order valence-electron chi connectivity index (χ1n) is 11.2. The minimum atomic E-state index is 0.322. The molecule has 32 heavy (non-hydrogen) atoms. The lowest BCUT2D eigenvalue weighted by Gasteiger charge is -2.21. The van der Waals surface area contributed by atoms with Crippen LogP contribution in [0.4, 0.5) is 5.69 Å². The minimum Gasteiger partial charge on any atom is -0.426 e. The standard InChI is InChI=1S/C26H27N3O3/c1-3-18(2)20-15-16-29(17-20)21-11-9-19(10-12-21)25-27-28-26(32-25)23-13-14-24(31-23)30-22-7-5-4-6-8-22/h4-14,18,20H,3,15-17H2,1-2H3. The Morgan fingerprint density at radius 2 is 1.75 bits per heavy atom. The molecule has 0 aliphatic carbocycles. The molecule has 0 radical (unpaired) electrons. The van der Waals surface area contributed by atoms with Crippen molar-refractivity contribution in [2.24, 2.45) is 11.8 Å². The van der Waals surface area contributed by atoms with E-state index in [4.69, 9.17) is 13.6 Å². The van der Waals surface area contributed by atoms with Crippen molar-refractivity contribution in [3.8, 4) is 34.8 Å². The van der Waals surface area contributed by atoms with Crippen LogP contribution in [-0.2, 0) is 0 Å². The molecular weight excluding hydrogens is 402 g/mol. The summed E-state index contributed by atoms with van der Waals surface area (Å²) in [6, 6.07) is 21.3. The number of para-hydroxylation sites is 1. The van der Waals surface area contributed by atoms with Gasteiger partial charge in [0, 0.05) is 30.4 Å². The van der Waals surface area contributed by atoms with Crippen LogP contribution in [0.25, 0.3) is 23.1 Å². The first-order chi connectivity index (χ1) is 15.7. The summed E-state index contributed by atoms with van der Waals surface area (Å²) in [7, 11) is 0. The first-order valence-corrected chi connectivity index (χ1v) is 11.2. The van der Waals surface area contributed by atoms with Gasteiger partial charge in [-0.1, -0.05) is 38.5 Å². The van der Waals surface area contributed by atoms with Crippen LogP contribution >= 0.6 is 0 Å². The highest BCUT2D eigenvalue weighted by atomic mass is 16.6. The lowest BCUT2D eigenvalue weighted by atomic mass is 9.91. The second-order valence-corrected chi connectivity index (χ2v) is 8.37. The summed E-state index contributed by atoms with van der Waals surface area (Å²) in [5, 5.41) is 8.34. The third-order valence-corrected chi connectivity index (χ3v) is 6.33. The van der Waals surface area contributed by atoms with Gasteiger partial charge in [-0.05, 0) is 60.7 Å². The number of hydrogen-bond donors (Lipinski definition) is 0. The van der Waals surface area contributed by atoms with E-state index in [1.807, 2.05) is 42.5 Å². The van der Waals surface area contributed by atoms with E-state index in [9.17, 15) is 0 Å². The van der Waals surface area contributed by atoms with E-state index in [0.29, 0.717) is 29.2 Å². The van der Waals surface area contributed by atoms with E-state index in [1.54, 1.807) is 12.1 Å². The van der Waals surface area contributed by atoms with Crippen LogP contribution in [0.5, 0.6) is 11.7 Å². The Bertz CT molecular complexity index is 1150. The molecule has 164 valence electrons. The molecule has 1 aliphatic heterocycles. The van der Waals surface area contributed by atoms with Crippen molar-refractivity contribution in [2.45, 2.75) is 26.7 Å². The maximum Gasteiger partial charge on any atom is 0.290 e. The molecule has 2 unspecified atom stereocenters. The third kappa shape index (κ3) is 4.26. The average Bonchev–Trinajstić information content (AvgIpc) is 3.60. The summed E-state index contributed by atoms with van der Waals surface area (Å²) in [6.07, 6.45) is 2.51. The number of aromatic nitrogens is 2. The molecule has 4 aromatic rings. The summed E-state index contributed by atoms with van der Waals surface area (Å²) < 4.78 is 17.3. The number of nitrogens with zero attached hydrogens (tertiary/aromatic N) is 3. The Morgan fingerprint density at radius 3 is 2.53 bits per heavy atom. The minimum absolute atomic E-state index is 0.322. The van der Waals surface area contributed by atoms with Gasteiger partial charge in [0.15, 0.2) is 5.76 Å². The second kappa shape index (κ2) is 8.91. The fourth-order valence-electron chi connectivity index (χ4n) is 4.17. The van der Waals surface area contributed by atoms with Gasteiger partial charge in [-0.3, -0.25) is 0 Å². The predicted molar refractivity (Wildman–Crippen MR) is 124 cm³/mol. The van der Waals surface area contributed by atoms with Gasteiger partial charge in [0.05, 0.1) is 0 Å². The quantitative estimate of drug-likeness (QED) is 0.327. The fourth-order valence-corrected chi connectivity index (χ4v) is 4.17. The van der Waals surface area contributed by atoms with E-state index in [-0.39, 0.29) is 0 Å². The number of anilines is 1. The van der Waals surface area contributed by atoms with Crippen LogP contribution in [0.3, 0.4) is 0 Å². The van der Waals surface area contributed by atoms with Gasteiger partial charge < -0.3 is 18.5 Å². The SMILES string of the molecule is CCC(C)C1CCN(c2ccc(-c3nnc(-c4ccc(Oc5ccccc5)o4)o3)cc2)C1. The normalized spacial score (nSPS) is 16.9. The van der Waals surface area contributed by atoms with Gasteiger partial charge in [-0.25, -0.2) is 0 Å². The molecule has 1 saturated heterocycles. The Labute approximate surface area is 187 Å². The summed E-state index contributed by atoms with van der Waals surface area (Å²) in [4.78, 5) is 2.47. The lowest BCUT2D eigenvalue weighted by Crippen LogP contribution is -2.21. The van der Waals surface area contributed by atoms with Crippen molar-refractivity contribution in [1.29, 1.82) is 0 Å². The Morgan fingerprint density at radius 1 is 0.969 bits per heavy atom.